The molecule has 0 bridgehead atoms. The van der Waals surface area contributed by atoms with Crippen LogP contribution in [0.5, 0.6) is 0 Å². The molecule has 1 saturated carbocycles. The van der Waals surface area contributed by atoms with Gasteiger partial charge < -0.3 is 11.1 Å². The predicted molar refractivity (Wildman–Crippen MR) is 103 cm³/mol. The first-order valence-corrected chi connectivity index (χ1v) is 8.66. The summed E-state index contributed by atoms with van der Waals surface area (Å²) >= 11 is 0. The van der Waals surface area contributed by atoms with Crippen molar-refractivity contribution >= 4 is 30.7 Å². The molecule has 0 aromatic heterocycles. The molecule has 1 aromatic carbocycles. The first-order valence-electron chi connectivity index (χ1n) is 8.66. The molecular weight excluding hydrogens is 364 g/mol. The molecule has 3 unspecified atom stereocenters. The summed E-state index contributed by atoms with van der Waals surface area (Å²) in [7, 11) is 0. The molecule has 0 radical (unpaired) electrons. The Bertz CT molecular complexity index is 544. The zero-order chi connectivity index (χ0) is 16.2. The Labute approximate surface area is 161 Å². The van der Waals surface area contributed by atoms with Crippen LogP contribution >= 0.6 is 24.8 Å². The second-order valence-electron chi connectivity index (χ2n) is 6.80. The van der Waals surface area contributed by atoms with E-state index in [1.807, 2.05) is 0 Å². The van der Waals surface area contributed by atoms with Crippen LogP contribution in [0.2, 0.25) is 0 Å². The third-order valence-corrected chi connectivity index (χ3v) is 5.25. The standard InChI is InChI=1S/C18H26FN3O.2ClH/c19-15-8-6-13(7-9-15)12-22-10-2-5-17(22)18(23)21-16-4-1-3-14(16)11-20;;/h6-9,14,16-17H,1-5,10-12,20H2,(H,21,23);2*1H. The van der Waals surface area contributed by atoms with Gasteiger partial charge in [0.05, 0.1) is 6.04 Å². The molecule has 25 heavy (non-hydrogen) atoms. The van der Waals surface area contributed by atoms with Crippen LogP contribution in [0.1, 0.15) is 37.7 Å². The monoisotopic (exact) mass is 391 g/mol. The van der Waals surface area contributed by atoms with Crippen LogP contribution in [0.3, 0.4) is 0 Å². The van der Waals surface area contributed by atoms with Crippen LogP contribution in [0.25, 0.3) is 0 Å². The zero-order valence-electron chi connectivity index (χ0n) is 14.3. The number of hydrogen-bond donors (Lipinski definition) is 2. The minimum absolute atomic E-state index is 0. The zero-order valence-corrected chi connectivity index (χ0v) is 16.0. The first kappa shape index (κ1) is 22.2. The molecule has 3 rings (SSSR count). The van der Waals surface area contributed by atoms with E-state index in [0.717, 1.165) is 44.2 Å². The smallest absolute Gasteiger partial charge is 0.237 e. The maximum absolute atomic E-state index is 13.0. The third kappa shape index (κ3) is 5.55. The number of nitrogens with two attached hydrogens (primary N) is 1. The van der Waals surface area contributed by atoms with Gasteiger partial charge in [0.2, 0.25) is 5.91 Å². The predicted octanol–water partition coefficient (Wildman–Crippen LogP) is 2.88. The normalized spacial score (nSPS) is 25.9. The van der Waals surface area contributed by atoms with Gasteiger partial charge in [0.15, 0.2) is 0 Å². The van der Waals surface area contributed by atoms with Gasteiger partial charge in [-0.1, -0.05) is 18.6 Å². The number of carbonyl (C=O) groups is 1. The third-order valence-electron chi connectivity index (χ3n) is 5.25. The van der Waals surface area contributed by atoms with E-state index >= 15 is 0 Å². The van der Waals surface area contributed by atoms with Crippen molar-refractivity contribution in [3.63, 3.8) is 0 Å². The lowest BCUT2D eigenvalue weighted by Crippen LogP contribution is -2.48. The Balaban J connectivity index is 0.00000156. The van der Waals surface area contributed by atoms with Gasteiger partial charge in [0.25, 0.3) is 0 Å². The fourth-order valence-corrected chi connectivity index (χ4v) is 3.92. The summed E-state index contributed by atoms with van der Waals surface area (Å²) < 4.78 is 13.0. The van der Waals surface area contributed by atoms with Gasteiger partial charge in [0, 0.05) is 12.6 Å². The molecule has 2 aliphatic rings. The molecule has 1 saturated heterocycles. The second-order valence-corrected chi connectivity index (χ2v) is 6.80. The Morgan fingerprint density at radius 2 is 1.88 bits per heavy atom. The molecule has 1 aromatic rings. The Morgan fingerprint density at radius 3 is 2.56 bits per heavy atom. The molecule has 1 amide bonds. The van der Waals surface area contributed by atoms with Gasteiger partial charge in [-0.15, -0.1) is 24.8 Å². The summed E-state index contributed by atoms with van der Waals surface area (Å²) in [5.74, 6) is 0.333. The summed E-state index contributed by atoms with van der Waals surface area (Å²) in [4.78, 5) is 14.9. The molecule has 1 heterocycles. The summed E-state index contributed by atoms with van der Waals surface area (Å²) in [5, 5.41) is 3.23. The summed E-state index contributed by atoms with van der Waals surface area (Å²) in [5.41, 5.74) is 6.85. The number of likely N-dealkylation sites (tertiary alicyclic amines) is 1. The van der Waals surface area contributed by atoms with Gasteiger partial charge in [-0.05, 0) is 62.4 Å². The van der Waals surface area contributed by atoms with E-state index in [-0.39, 0.29) is 48.6 Å². The molecule has 4 nitrogen and oxygen atoms in total. The number of nitrogens with zero attached hydrogens (tertiary/aromatic N) is 1. The minimum atomic E-state index is -0.224. The lowest BCUT2D eigenvalue weighted by molar-refractivity contribution is -0.126. The Hall–Kier alpha value is -0.880. The van der Waals surface area contributed by atoms with Crippen molar-refractivity contribution < 1.29 is 9.18 Å². The summed E-state index contributed by atoms with van der Waals surface area (Å²) in [6, 6.07) is 6.71. The van der Waals surface area contributed by atoms with Crippen molar-refractivity contribution in [2.75, 3.05) is 13.1 Å². The van der Waals surface area contributed by atoms with Crippen molar-refractivity contribution in [3.05, 3.63) is 35.6 Å². The highest BCUT2D eigenvalue weighted by atomic mass is 35.5. The quantitative estimate of drug-likeness (QED) is 0.810. The van der Waals surface area contributed by atoms with Crippen molar-refractivity contribution in [1.29, 1.82) is 0 Å². The van der Waals surface area contributed by atoms with E-state index in [2.05, 4.69) is 10.2 Å². The lowest BCUT2D eigenvalue weighted by Gasteiger charge is -2.27. The van der Waals surface area contributed by atoms with Gasteiger partial charge in [-0.3, -0.25) is 9.69 Å². The number of rotatable bonds is 5. The highest BCUT2D eigenvalue weighted by molar-refractivity contribution is 5.85. The highest BCUT2D eigenvalue weighted by Gasteiger charge is 2.34. The van der Waals surface area contributed by atoms with Crippen molar-refractivity contribution in [3.8, 4) is 0 Å². The van der Waals surface area contributed by atoms with Crippen molar-refractivity contribution in [2.24, 2.45) is 11.7 Å². The SMILES string of the molecule is Cl.Cl.NCC1CCCC1NC(=O)C1CCCN1Cc1ccc(F)cc1. The average molecular weight is 392 g/mol. The van der Waals surface area contributed by atoms with Gasteiger partial charge in [-0.25, -0.2) is 4.39 Å². The summed E-state index contributed by atoms with van der Waals surface area (Å²) in [6.45, 7) is 2.26. The van der Waals surface area contributed by atoms with E-state index in [4.69, 9.17) is 5.73 Å². The van der Waals surface area contributed by atoms with Crippen LogP contribution in [-0.4, -0.2) is 36.0 Å². The van der Waals surface area contributed by atoms with Crippen molar-refractivity contribution in [2.45, 2.75) is 50.7 Å². The largest absolute Gasteiger partial charge is 0.352 e. The van der Waals surface area contributed by atoms with E-state index in [0.29, 0.717) is 19.0 Å². The highest BCUT2D eigenvalue weighted by Crippen LogP contribution is 2.26. The van der Waals surface area contributed by atoms with Crippen LogP contribution in [0, 0.1) is 11.7 Å². The fraction of sp³-hybridized carbons (Fsp3) is 0.611. The van der Waals surface area contributed by atoms with E-state index in [1.54, 1.807) is 12.1 Å². The number of benzene rings is 1. The molecule has 142 valence electrons. The van der Waals surface area contributed by atoms with Gasteiger partial charge >= 0.3 is 0 Å². The lowest BCUT2D eigenvalue weighted by atomic mass is 10.0. The first-order chi connectivity index (χ1) is 11.2. The molecule has 3 N–H and O–H groups in total. The molecule has 7 heteroatoms. The summed E-state index contributed by atoms with van der Waals surface area (Å²) in [6.07, 6.45) is 5.23. The molecule has 1 aliphatic heterocycles. The number of amides is 1. The molecular formula is C18H28Cl2FN3O. The average Bonchev–Trinajstić information content (AvgIpc) is 3.18. The molecule has 3 atom stereocenters. The topological polar surface area (TPSA) is 58.4 Å². The van der Waals surface area contributed by atoms with Crippen LogP contribution in [0.15, 0.2) is 24.3 Å². The van der Waals surface area contributed by atoms with E-state index in [9.17, 15) is 9.18 Å². The van der Waals surface area contributed by atoms with Crippen LogP contribution in [0.4, 0.5) is 4.39 Å². The number of carbonyl (C=O) groups excluding carboxylic acids is 1. The van der Waals surface area contributed by atoms with Gasteiger partial charge in [0.1, 0.15) is 5.82 Å². The number of nitrogens with one attached hydrogen (secondary N) is 1. The minimum Gasteiger partial charge on any atom is -0.352 e. The Kier molecular flexibility index (Phi) is 9.14. The maximum atomic E-state index is 13.0. The molecule has 0 spiro atoms. The van der Waals surface area contributed by atoms with Crippen LogP contribution in [-0.2, 0) is 11.3 Å². The number of halogens is 3. The molecule has 1 aliphatic carbocycles. The second kappa shape index (κ2) is 10.3. The Morgan fingerprint density at radius 1 is 1.16 bits per heavy atom. The number of hydrogen-bond acceptors (Lipinski definition) is 3. The molecule has 2 fully saturated rings. The fourth-order valence-electron chi connectivity index (χ4n) is 3.92. The van der Waals surface area contributed by atoms with Crippen molar-refractivity contribution in [1.82, 2.24) is 10.2 Å². The van der Waals surface area contributed by atoms with Crippen LogP contribution < -0.4 is 11.1 Å². The van der Waals surface area contributed by atoms with E-state index < -0.39 is 0 Å². The van der Waals surface area contributed by atoms with E-state index in [1.165, 1.54) is 12.1 Å². The maximum Gasteiger partial charge on any atom is 0.237 e. The van der Waals surface area contributed by atoms with Gasteiger partial charge in [-0.2, -0.15) is 0 Å².